The quantitative estimate of drug-likeness (QED) is 0.750. The fourth-order valence-electron chi connectivity index (χ4n) is 2.12. The SMILES string of the molecule is Cc1cc(-c2noc(-c3cncc(N)c3)n2)cc(C)c1O. The lowest BCUT2D eigenvalue weighted by molar-refractivity contribution is 0.432. The van der Waals surface area contributed by atoms with E-state index in [-0.39, 0.29) is 5.75 Å². The number of aromatic nitrogens is 3. The van der Waals surface area contributed by atoms with Gasteiger partial charge in [-0.15, -0.1) is 0 Å². The summed E-state index contributed by atoms with van der Waals surface area (Å²) in [6.07, 6.45) is 3.16. The summed E-state index contributed by atoms with van der Waals surface area (Å²) in [5.74, 6) is 1.09. The summed E-state index contributed by atoms with van der Waals surface area (Å²) >= 11 is 0. The molecule has 0 atom stereocenters. The van der Waals surface area contributed by atoms with Gasteiger partial charge in [-0.2, -0.15) is 4.98 Å². The van der Waals surface area contributed by atoms with Gasteiger partial charge in [0.15, 0.2) is 0 Å². The van der Waals surface area contributed by atoms with Crippen LogP contribution in [0.5, 0.6) is 5.75 Å². The fraction of sp³-hybridized carbons (Fsp3) is 0.133. The van der Waals surface area contributed by atoms with E-state index in [9.17, 15) is 5.11 Å². The number of nitrogens with zero attached hydrogens (tertiary/aromatic N) is 3. The number of rotatable bonds is 2. The van der Waals surface area contributed by atoms with E-state index in [1.54, 1.807) is 18.5 Å². The second kappa shape index (κ2) is 4.90. The summed E-state index contributed by atoms with van der Waals surface area (Å²) in [4.78, 5) is 8.35. The van der Waals surface area contributed by atoms with Gasteiger partial charge in [0.2, 0.25) is 5.82 Å². The first-order valence-electron chi connectivity index (χ1n) is 6.40. The van der Waals surface area contributed by atoms with Gasteiger partial charge in [-0.3, -0.25) is 4.98 Å². The molecule has 6 nitrogen and oxygen atoms in total. The summed E-state index contributed by atoms with van der Waals surface area (Å²) in [7, 11) is 0. The van der Waals surface area contributed by atoms with E-state index in [2.05, 4.69) is 15.1 Å². The molecule has 0 bridgehead atoms. The Labute approximate surface area is 121 Å². The van der Waals surface area contributed by atoms with Crippen molar-refractivity contribution in [2.75, 3.05) is 5.73 Å². The van der Waals surface area contributed by atoms with Gasteiger partial charge in [-0.25, -0.2) is 0 Å². The average Bonchev–Trinajstić information content (AvgIpc) is 2.94. The van der Waals surface area contributed by atoms with Crippen molar-refractivity contribution in [3.63, 3.8) is 0 Å². The van der Waals surface area contributed by atoms with Gasteiger partial charge in [0, 0.05) is 18.0 Å². The number of phenolic OH excluding ortho intramolecular Hbond substituents is 1. The first-order chi connectivity index (χ1) is 10.0. The van der Waals surface area contributed by atoms with Gasteiger partial charge in [0.25, 0.3) is 5.89 Å². The van der Waals surface area contributed by atoms with Gasteiger partial charge in [0.1, 0.15) is 5.75 Å². The molecule has 0 aliphatic heterocycles. The molecule has 0 radical (unpaired) electrons. The Morgan fingerprint density at radius 2 is 1.76 bits per heavy atom. The highest BCUT2D eigenvalue weighted by Gasteiger charge is 2.13. The number of anilines is 1. The number of nitrogens with two attached hydrogens (primary N) is 1. The number of hydrogen-bond acceptors (Lipinski definition) is 6. The van der Waals surface area contributed by atoms with Crippen molar-refractivity contribution in [3.05, 3.63) is 41.7 Å². The van der Waals surface area contributed by atoms with Gasteiger partial charge >= 0.3 is 0 Å². The van der Waals surface area contributed by atoms with Crippen molar-refractivity contribution in [3.8, 4) is 28.6 Å². The molecule has 0 spiro atoms. The van der Waals surface area contributed by atoms with E-state index in [1.807, 2.05) is 26.0 Å². The molecule has 3 N–H and O–H groups in total. The van der Waals surface area contributed by atoms with Crippen LogP contribution in [0.4, 0.5) is 5.69 Å². The maximum absolute atomic E-state index is 9.80. The summed E-state index contributed by atoms with van der Waals surface area (Å²) in [5, 5.41) is 13.8. The number of pyridine rings is 1. The highest BCUT2D eigenvalue weighted by molar-refractivity contribution is 5.64. The van der Waals surface area contributed by atoms with Crippen LogP contribution in [0.1, 0.15) is 11.1 Å². The second-order valence-electron chi connectivity index (χ2n) is 4.89. The fourth-order valence-corrected chi connectivity index (χ4v) is 2.12. The van der Waals surface area contributed by atoms with Gasteiger partial charge in [-0.1, -0.05) is 5.16 Å². The summed E-state index contributed by atoms with van der Waals surface area (Å²) < 4.78 is 5.25. The van der Waals surface area contributed by atoms with E-state index >= 15 is 0 Å². The third kappa shape index (κ3) is 2.43. The minimum absolute atomic E-state index is 0.280. The van der Waals surface area contributed by atoms with Gasteiger partial charge in [0.05, 0.1) is 11.3 Å². The first kappa shape index (κ1) is 13.1. The lowest BCUT2D eigenvalue weighted by Crippen LogP contribution is -1.88. The number of aromatic hydroxyl groups is 1. The highest BCUT2D eigenvalue weighted by atomic mass is 16.5. The van der Waals surface area contributed by atoms with Crippen molar-refractivity contribution in [1.82, 2.24) is 15.1 Å². The standard InChI is InChI=1S/C15H14N4O2/c1-8-3-10(4-9(2)13(8)20)14-18-15(21-19-14)11-5-12(16)7-17-6-11/h3-7,20H,16H2,1-2H3. The van der Waals surface area contributed by atoms with Crippen LogP contribution >= 0.6 is 0 Å². The smallest absolute Gasteiger partial charge is 0.259 e. The minimum Gasteiger partial charge on any atom is -0.507 e. The molecule has 0 unspecified atom stereocenters. The number of aryl methyl sites for hydroxylation is 2. The van der Waals surface area contributed by atoms with Crippen LogP contribution in [0.15, 0.2) is 35.1 Å². The number of hydrogen-bond donors (Lipinski definition) is 2. The summed E-state index contributed by atoms with van der Waals surface area (Å²) in [6.45, 7) is 3.66. The molecule has 0 saturated heterocycles. The van der Waals surface area contributed by atoms with E-state index in [1.165, 1.54) is 0 Å². The van der Waals surface area contributed by atoms with E-state index in [0.29, 0.717) is 23.0 Å². The Morgan fingerprint density at radius 3 is 2.43 bits per heavy atom. The van der Waals surface area contributed by atoms with Crippen LogP contribution in [0.25, 0.3) is 22.8 Å². The normalized spacial score (nSPS) is 10.8. The minimum atomic E-state index is 0.280. The predicted molar refractivity (Wildman–Crippen MR) is 78.5 cm³/mol. The molecule has 2 aromatic heterocycles. The summed E-state index contributed by atoms with van der Waals surface area (Å²) in [5.41, 5.74) is 9.21. The molecule has 3 rings (SSSR count). The zero-order valence-electron chi connectivity index (χ0n) is 11.7. The molecule has 0 amide bonds. The average molecular weight is 282 g/mol. The van der Waals surface area contributed by atoms with E-state index in [0.717, 1.165) is 16.7 Å². The maximum atomic E-state index is 9.80. The molecule has 2 heterocycles. The molecular formula is C15H14N4O2. The monoisotopic (exact) mass is 282 g/mol. The number of phenols is 1. The number of benzene rings is 1. The van der Waals surface area contributed by atoms with E-state index < -0.39 is 0 Å². The first-order valence-corrected chi connectivity index (χ1v) is 6.40. The summed E-state index contributed by atoms with van der Waals surface area (Å²) in [6, 6.07) is 5.35. The molecule has 106 valence electrons. The van der Waals surface area contributed by atoms with Crippen LogP contribution < -0.4 is 5.73 Å². The Hall–Kier alpha value is -2.89. The van der Waals surface area contributed by atoms with Gasteiger partial charge < -0.3 is 15.4 Å². The maximum Gasteiger partial charge on any atom is 0.259 e. The zero-order valence-corrected chi connectivity index (χ0v) is 11.7. The highest BCUT2D eigenvalue weighted by Crippen LogP contribution is 2.29. The Bertz CT molecular complexity index is 788. The molecule has 0 saturated carbocycles. The topological polar surface area (TPSA) is 98.1 Å². The number of nitrogen functional groups attached to an aromatic ring is 1. The lowest BCUT2D eigenvalue weighted by Gasteiger charge is -2.04. The molecule has 1 aromatic carbocycles. The van der Waals surface area contributed by atoms with Crippen LogP contribution in [-0.2, 0) is 0 Å². The molecule has 21 heavy (non-hydrogen) atoms. The molecule has 0 aliphatic rings. The molecular weight excluding hydrogens is 268 g/mol. The molecule has 0 aliphatic carbocycles. The molecule has 0 fully saturated rings. The predicted octanol–water partition coefficient (Wildman–Crippen LogP) is 2.70. The van der Waals surface area contributed by atoms with E-state index in [4.69, 9.17) is 10.3 Å². The van der Waals surface area contributed by atoms with Crippen molar-refractivity contribution in [2.45, 2.75) is 13.8 Å². The lowest BCUT2D eigenvalue weighted by atomic mass is 10.1. The van der Waals surface area contributed by atoms with Crippen LogP contribution in [0.3, 0.4) is 0 Å². The van der Waals surface area contributed by atoms with Crippen molar-refractivity contribution < 1.29 is 9.63 Å². The van der Waals surface area contributed by atoms with Crippen molar-refractivity contribution in [2.24, 2.45) is 0 Å². The third-order valence-electron chi connectivity index (χ3n) is 3.18. The van der Waals surface area contributed by atoms with Crippen LogP contribution in [-0.4, -0.2) is 20.2 Å². The van der Waals surface area contributed by atoms with Crippen molar-refractivity contribution in [1.29, 1.82) is 0 Å². The Morgan fingerprint density at radius 1 is 1.05 bits per heavy atom. The second-order valence-corrected chi connectivity index (χ2v) is 4.89. The van der Waals surface area contributed by atoms with Gasteiger partial charge in [-0.05, 0) is 43.2 Å². The molecule has 6 heteroatoms. The largest absolute Gasteiger partial charge is 0.507 e. The zero-order chi connectivity index (χ0) is 15.0. The third-order valence-corrected chi connectivity index (χ3v) is 3.18. The molecule has 3 aromatic rings. The van der Waals surface area contributed by atoms with Crippen molar-refractivity contribution >= 4 is 5.69 Å². The Kier molecular flexibility index (Phi) is 3.06. The Balaban J connectivity index is 2.02. The van der Waals surface area contributed by atoms with Crippen LogP contribution in [0.2, 0.25) is 0 Å². The van der Waals surface area contributed by atoms with Crippen LogP contribution in [0, 0.1) is 13.8 Å².